The molecule has 0 amide bonds. The fourth-order valence-corrected chi connectivity index (χ4v) is 0. The average molecular weight is 91.2 g/mol. The summed E-state index contributed by atoms with van der Waals surface area (Å²) in [5, 5.41) is 9.18. The highest BCUT2D eigenvalue weighted by molar-refractivity contribution is 7.59. The van der Waals surface area contributed by atoms with Gasteiger partial charge >= 0.3 is 0 Å². The minimum Gasteiger partial charge on any atom is -0.232 e. The van der Waals surface area contributed by atoms with Gasteiger partial charge in [0.05, 0.1) is 0 Å². The third-order valence-corrected chi connectivity index (χ3v) is 0.118. The van der Waals surface area contributed by atoms with E-state index in [0.29, 0.717) is 0 Å². The monoisotopic (exact) mass is 91.0 g/mol. The average Bonchev–Trinajstić information content (AvgIpc) is 1.37. The van der Waals surface area contributed by atoms with Crippen LogP contribution in [0.15, 0.2) is 12.7 Å². The van der Waals surface area contributed by atoms with E-state index in [4.69, 9.17) is 0 Å². The van der Waals surface area contributed by atoms with Gasteiger partial charge in [-0.25, -0.2) is 5.11 Å². The number of rotatable bonds is 1. The van der Waals surface area contributed by atoms with E-state index in [0.717, 1.165) is 0 Å². The highest BCUT2D eigenvalue weighted by Gasteiger charge is 1.49. The van der Waals surface area contributed by atoms with E-state index in [2.05, 4.69) is 6.58 Å². The predicted octanol–water partition coefficient (Wildman–Crippen LogP) is 0.716. The molecule has 0 fully saturated rings. The van der Waals surface area contributed by atoms with Gasteiger partial charge in [0.25, 0.3) is 0 Å². The lowest BCUT2D eigenvalue weighted by atomic mass is 10.7. The van der Waals surface area contributed by atoms with Crippen LogP contribution in [0, 0.1) is 0 Å². The number of hydrogen-bond donors (Lipinski definition) is 0. The van der Waals surface area contributed by atoms with Crippen molar-refractivity contribution in [1.29, 1.82) is 0 Å². The summed E-state index contributed by atoms with van der Waals surface area (Å²) in [7, 11) is 0. The van der Waals surface area contributed by atoms with Crippen LogP contribution >= 0.6 is 13.5 Å². The Balaban J connectivity index is 0. The minimum atomic E-state index is -0.167. The Labute approximate surface area is 38.8 Å². The molecule has 0 saturated carbocycles. The van der Waals surface area contributed by atoms with Crippen molar-refractivity contribution in [2.45, 2.75) is 0 Å². The molecule has 0 heterocycles. The quantitative estimate of drug-likeness (QED) is 0.424. The zero-order valence-electron chi connectivity index (χ0n) is 2.90. The Hall–Kier alpha value is 0.0500. The van der Waals surface area contributed by atoms with E-state index in [1.807, 2.05) is 0 Å². The van der Waals surface area contributed by atoms with Crippen LogP contribution in [0.4, 0.5) is 0 Å². The first kappa shape index (κ1) is 8.90. The maximum atomic E-state index is 9.18. The molecule has 0 rings (SSSR count). The predicted molar refractivity (Wildman–Crippen MR) is 26.1 cm³/mol. The summed E-state index contributed by atoms with van der Waals surface area (Å²) in [6, 6.07) is 0. The van der Waals surface area contributed by atoms with Crippen LogP contribution in [0.1, 0.15) is 0 Å². The second kappa shape index (κ2) is 8.96. The second-order valence-corrected chi connectivity index (χ2v) is 0.455. The van der Waals surface area contributed by atoms with Gasteiger partial charge in [0, 0.05) is 0 Å². The Bertz CT molecular complexity index is 20.9. The Morgan fingerprint density at radius 2 is 2.00 bits per heavy atom. The van der Waals surface area contributed by atoms with Gasteiger partial charge < -0.3 is 0 Å². The van der Waals surface area contributed by atoms with Crippen molar-refractivity contribution >= 4 is 13.5 Å². The lowest BCUT2D eigenvalue weighted by Gasteiger charge is -1.54. The van der Waals surface area contributed by atoms with Crippen molar-refractivity contribution in [1.82, 2.24) is 0 Å². The molecule has 0 bridgehead atoms. The molecule has 31 valence electrons. The molecule has 0 aromatic rings. The van der Waals surface area contributed by atoms with Gasteiger partial charge in [-0.15, -0.1) is 6.58 Å². The van der Waals surface area contributed by atoms with Gasteiger partial charge in [0.1, 0.15) is 6.61 Å². The Kier molecular flexibility index (Phi) is 16.0. The van der Waals surface area contributed by atoms with E-state index in [1.54, 1.807) is 0 Å². The van der Waals surface area contributed by atoms with E-state index >= 15 is 0 Å². The van der Waals surface area contributed by atoms with Crippen LogP contribution in [-0.2, 0) is 5.11 Å². The molecule has 0 N–H and O–H groups in total. The summed E-state index contributed by atoms with van der Waals surface area (Å²) in [4.78, 5) is 0. The Morgan fingerprint density at radius 3 is 2.00 bits per heavy atom. The van der Waals surface area contributed by atoms with Crippen molar-refractivity contribution in [3.8, 4) is 0 Å². The fraction of sp³-hybridized carbons (Fsp3) is 0.333. The number of hydrogen-bond acceptors (Lipinski definition) is 0. The summed E-state index contributed by atoms with van der Waals surface area (Å²) in [6.07, 6.45) is 1.32. The van der Waals surface area contributed by atoms with Gasteiger partial charge in [0.15, 0.2) is 0 Å². The van der Waals surface area contributed by atoms with Crippen molar-refractivity contribution < 1.29 is 5.11 Å². The topological polar surface area (TPSA) is 19.9 Å². The highest BCUT2D eigenvalue weighted by Crippen LogP contribution is 1.48. The van der Waals surface area contributed by atoms with Gasteiger partial charge in [-0.05, 0) is 0 Å². The maximum Gasteiger partial charge on any atom is 0.100 e. The van der Waals surface area contributed by atoms with Crippen LogP contribution < -0.4 is 0 Å². The smallest absolute Gasteiger partial charge is 0.100 e. The summed E-state index contributed by atoms with van der Waals surface area (Å²) < 4.78 is 0. The SMILES string of the molecule is C=CC[O].S. The second-order valence-electron chi connectivity index (χ2n) is 0.455. The molecule has 5 heavy (non-hydrogen) atoms. The normalized spacial score (nSPS) is 5.00. The van der Waals surface area contributed by atoms with Crippen LogP contribution in [-0.4, -0.2) is 6.61 Å². The molecule has 0 aromatic heterocycles. The lowest BCUT2D eigenvalue weighted by Crippen LogP contribution is -1.58. The third kappa shape index (κ3) is 15.4. The molecule has 1 radical (unpaired) electrons. The molecule has 0 saturated heterocycles. The molecule has 1 nitrogen and oxygen atoms in total. The molecule has 0 aliphatic carbocycles. The summed E-state index contributed by atoms with van der Waals surface area (Å²) >= 11 is 0. The van der Waals surface area contributed by atoms with E-state index < -0.39 is 0 Å². The maximum absolute atomic E-state index is 9.18. The Morgan fingerprint density at radius 1 is 1.80 bits per heavy atom. The molecule has 0 unspecified atom stereocenters. The van der Waals surface area contributed by atoms with Gasteiger partial charge in [-0.3, -0.25) is 0 Å². The first-order valence-electron chi connectivity index (χ1n) is 1.11. The van der Waals surface area contributed by atoms with Gasteiger partial charge in [-0.1, -0.05) is 6.08 Å². The van der Waals surface area contributed by atoms with Crippen molar-refractivity contribution in [3.63, 3.8) is 0 Å². The molecule has 0 aliphatic rings. The van der Waals surface area contributed by atoms with Crippen molar-refractivity contribution in [2.75, 3.05) is 6.61 Å². The summed E-state index contributed by atoms with van der Waals surface area (Å²) in [6.45, 7) is 3.00. The molecule has 2 heteroatoms. The molecule has 0 atom stereocenters. The first-order chi connectivity index (χ1) is 1.91. The van der Waals surface area contributed by atoms with E-state index in [9.17, 15) is 5.11 Å². The minimum absolute atomic E-state index is 0. The van der Waals surface area contributed by atoms with Gasteiger partial charge in [-0.2, -0.15) is 13.5 Å². The standard InChI is InChI=1S/C3H5O.H2S/c1-2-3-4;/h2H,1,3H2;1H2. The molecular formula is C3H7OS. The molecule has 0 aromatic carbocycles. The fourth-order valence-electron chi connectivity index (χ4n) is 0. The van der Waals surface area contributed by atoms with E-state index in [-0.39, 0.29) is 20.1 Å². The molecule has 0 spiro atoms. The van der Waals surface area contributed by atoms with E-state index in [1.165, 1.54) is 6.08 Å². The van der Waals surface area contributed by atoms with Crippen LogP contribution in [0.25, 0.3) is 0 Å². The molecule has 0 aliphatic heterocycles. The third-order valence-electron chi connectivity index (χ3n) is 0.118. The lowest BCUT2D eigenvalue weighted by molar-refractivity contribution is 0.232. The van der Waals surface area contributed by atoms with Gasteiger partial charge in [0.2, 0.25) is 0 Å². The van der Waals surface area contributed by atoms with Crippen molar-refractivity contribution in [3.05, 3.63) is 12.7 Å². The summed E-state index contributed by atoms with van der Waals surface area (Å²) in [5.41, 5.74) is 0. The highest BCUT2D eigenvalue weighted by atomic mass is 32.1. The van der Waals surface area contributed by atoms with Crippen LogP contribution in [0.2, 0.25) is 0 Å². The summed E-state index contributed by atoms with van der Waals surface area (Å²) in [5.74, 6) is 0. The van der Waals surface area contributed by atoms with Crippen LogP contribution in [0.3, 0.4) is 0 Å². The largest absolute Gasteiger partial charge is 0.232 e. The zero-order valence-corrected chi connectivity index (χ0v) is 3.90. The molecular weight excluding hydrogens is 84.1 g/mol. The van der Waals surface area contributed by atoms with Crippen molar-refractivity contribution in [2.24, 2.45) is 0 Å². The zero-order chi connectivity index (χ0) is 3.41. The van der Waals surface area contributed by atoms with Crippen LogP contribution in [0.5, 0.6) is 0 Å². The first-order valence-corrected chi connectivity index (χ1v) is 1.11.